The van der Waals surface area contributed by atoms with E-state index in [1.807, 2.05) is 0 Å². The van der Waals surface area contributed by atoms with Gasteiger partial charge in [-0.3, -0.25) is 4.90 Å². The Labute approximate surface area is 116 Å². The van der Waals surface area contributed by atoms with Crippen LogP contribution in [0.2, 0.25) is 0 Å². The predicted octanol–water partition coefficient (Wildman–Crippen LogP) is 2.45. The fourth-order valence-corrected chi connectivity index (χ4v) is 2.72. The third-order valence-electron chi connectivity index (χ3n) is 3.63. The summed E-state index contributed by atoms with van der Waals surface area (Å²) in [5.41, 5.74) is 1.38. The predicted molar refractivity (Wildman–Crippen MR) is 79.3 cm³/mol. The van der Waals surface area contributed by atoms with E-state index in [1.54, 1.807) is 0 Å². The number of likely N-dealkylation sites (N-methyl/N-ethyl adjacent to an activating group) is 1. The molecular weight excluding hydrogens is 236 g/mol. The molecule has 1 saturated heterocycles. The standard InChI is InChI=1S/C16H26N2O/c1-3-17-16(15-8-5-4-6-9-15)13-18-10-7-11-19-14(2)12-18/h4-6,8-9,14,16-17H,3,7,10-13H2,1-2H3. The van der Waals surface area contributed by atoms with Gasteiger partial charge < -0.3 is 10.1 Å². The molecule has 1 aliphatic rings. The second kappa shape index (κ2) is 7.63. The van der Waals surface area contributed by atoms with Crippen molar-refractivity contribution in [3.63, 3.8) is 0 Å². The first-order valence-electron chi connectivity index (χ1n) is 7.42. The molecule has 3 nitrogen and oxygen atoms in total. The summed E-state index contributed by atoms with van der Waals surface area (Å²) in [7, 11) is 0. The Morgan fingerprint density at radius 1 is 1.37 bits per heavy atom. The van der Waals surface area contributed by atoms with Crippen LogP contribution >= 0.6 is 0 Å². The molecule has 1 fully saturated rings. The highest BCUT2D eigenvalue weighted by Crippen LogP contribution is 2.16. The lowest BCUT2D eigenvalue weighted by molar-refractivity contribution is 0.0664. The average Bonchev–Trinajstić information content (AvgIpc) is 2.63. The van der Waals surface area contributed by atoms with Crippen LogP contribution in [0.25, 0.3) is 0 Å². The zero-order valence-corrected chi connectivity index (χ0v) is 12.1. The Morgan fingerprint density at radius 3 is 2.89 bits per heavy atom. The normalized spacial score (nSPS) is 22.9. The first-order chi connectivity index (χ1) is 9.29. The van der Waals surface area contributed by atoms with Crippen LogP contribution in [0.3, 0.4) is 0 Å². The zero-order valence-electron chi connectivity index (χ0n) is 12.1. The van der Waals surface area contributed by atoms with Crippen molar-refractivity contribution in [1.82, 2.24) is 10.2 Å². The Hall–Kier alpha value is -0.900. The van der Waals surface area contributed by atoms with Crippen molar-refractivity contribution in [2.24, 2.45) is 0 Å². The molecule has 3 heteroatoms. The Bertz CT molecular complexity index is 355. The van der Waals surface area contributed by atoms with Crippen LogP contribution in [0.15, 0.2) is 30.3 Å². The molecule has 1 aliphatic heterocycles. The largest absolute Gasteiger partial charge is 0.377 e. The van der Waals surface area contributed by atoms with Crippen molar-refractivity contribution in [3.05, 3.63) is 35.9 Å². The minimum Gasteiger partial charge on any atom is -0.377 e. The highest BCUT2D eigenvalue weighted by Gasteiger charge is 2.19. The maximum atomic E-state index is 5.72. The van der Waals surface area contributed by atoms with E-state index in [4.69, 9.17) is 4.74 Å². The van der Waals surface area contributed by atoms with Gasteiger partial charge in [0.25, 0.3) is 0 Å². The Kier molecular flexibility index (Phi) is 5.83. The smallest absolute Gasteiger partial charge is 0.0673 e. The van der Waals surface area contributed by atoms with E-state index in [2.05, 4.69) is 54.4 Å². The summed E-state index contributed by atoms with van der Waals surface area (Å²) in [6.45, 7) is 9.47. The summed E-state index contributed by atoms with van der Waals surface area (Å²) in [5.74, 6) is 0. The molecule has 19 heavy (non-hydrogen) atoms. The van der Waals surface area contributed by atoms with Crippen LogP contribution in [-0.4, -0.2) is 43.8 Å². The van der Waals surface area contributed by atoms with E-state index in [9.17, 15) is 0 Å². The molecule has 0 bridgehead atoms. The second-order valence-corrected chi connectivity index (χ2v) is 5.32. The molecule has 1 aromatic rings. The van der Waals surface area contributed by atoms with Crippen molar-refractivity contribution in [1.29, 1.82) is 0 Å². The molecule has 2 rings (SSSR count). The fraction of sp³-hybridized carbons (Fsp3) is 0.625. The maximum Gasteiger partial charge on any atom is 0.0673 e. The summed E-state index contributed by atoms with van der Waals surface area (Å²) in [4.78, 5) is 2.53. The van der Waals surface area contributed by atoms with Gasteiger partial charge in [0.05, 0.1) is 6.10 Å². The topological polar surface area (TPSA) is 24.5 Å². The number of nitrogens with zero attached hydrogens (tertiary/aromatic N) is 1. The molecule has 2 atom stereocenters. The monoisotopic (exact) mass is 262 g/mol. The lowest BCUT2D eigenvalue weighted by Gasteiger charge is -2.28. The van der Waals surface area contributed by atoms with E-state index in [-0.39, 0.29) is 0 Å². The third-order valence-corrected chi connectivity index (χ3v) is 3.63. The van der Waals surface area contributed by atoms with Gasteiger partial charge in [-0.2, -0.15) is 0 Å². The lowest BCUT2D eigenvalue weighted by atomic mass is 10.1. The SMILES string of the molecule is CCNC(CN1CCCOC(C)C1)c1ccccc1. The van der Waals surface area contributed by atoms with E-state index in [1.165, 1.54) is 5.56 Å². The second-order valence-electron chi connectivity index (χ2n) is 5.32. The Morgan fingerprint density at radius 2 is 2.16 bits per heavy atom. The summed E-state index contributed by atoms with van der Waals surface area (Å²) in [6, 6.07) is 11.2. The Balaban J connectivity index is 1.99. The molecule has 2 unspecified atom stereocenters. The third kappa shape index (κ3) is 4.60. The van der Waals surface area contributed by atoms with Gasteiger partial charge in [-0.1, -0.05) is 37.3 Å². The van der Waals surface area contributed by atoms with Gasteiger partial charge in [0, 0.05) is 32.3 Å². The summed E-state index contributed by atoms with van der Waals surface area (Å²) >= 11 is 0. The number of ether oxygens (including phenoxy) is 1. The van der Waals surface area contributed by atoms with Gasteiger partial charge >= 0.3 is 0 Å². The molecule has 0 saturated carbocycles. The van der Waals surface area contributed by atoms with Crippen LogP contribution in [-0.2, 0) is 4.74 Å². The van der Waals surface area contributed by atoms with Crippen LogP contribution in [0.4, 0.5) is 0 Å². The van der Waals surface area contributed by atoms with Crippen LogP contribution < -0.4 is 5.32 Å². The molecular formula is C16H26N2O. The van der Waals surface area contributed by atoms with E-state index < -0.39 is 0 Å². The molecule has 1 aromatic carbocycles. The quantitative estimate of drug-likeness (QED) is 0.882. The number of hydrogen-bond donors (Lipinski definition) is 1. The fourth-order valence-electron chi connectivity index (χ4n) is 2.72. The van der Waals surface area contributed by atoms with E-state index >= 15 is 0 Å². The van der Waals surface area contributed by atoms with E-state index in [0.29, 0.717) is 12.1 Å². The summed E-state index contributed by atoms with van der Waals surface area (Å²) in [5, 5.41) is 3.60. The molecule has 1 heterocycles. The number of rotatable bonds is 5. The average molecular weight is 262 g/mol. The first-order valence-corrected chi connectivity index (χ1v) is 7.42. The van der Waals surface area contributed by atoms with Gasteiger partial charge in [-0.05, 0) is 25.5 Å². The molecule has 0 amide bonds. The number of nitrogens with one attached hydrogen (secondary N) is 1. The van der Waals surface area contributed by atoms with Crippen LogP contribution in [0.5, 0.6) is 0 Å². The van der Waals surface area contributed by atoms with Gasteiger partial charge in [0.15, 0.2) is 0 Å². The minimum absolute atomic E-state index is 0.348. The van der Waals surface area contributed by atoms with Crippen molar-refractivity contribution >= 4 is 0 Å². The molecule has 106 valence electrons. The van der Waals surface area contributed by atoms with Crippen molar-refractivity contribution in [2.75, 3.05) is 32.8 Å². The molecule has 0 radical (unpaired) electrons. The van der Waals surface area contributed by atoms with Crippen molar-refractivity contribution < 1.29 is 4.74 Å². The van der Waals surface area contributed by atoms with Gasteiger partial charge in [0.2, 0.25) is 0 Å². The zero-order chi connectivity index (χ0) is 13.5. The minimum atomic E-state index is 0.348. The highest BCUT2D eigenvalue weighted by molar-refractivity contribution is 5.19. The van der Waals surface area contributed by atoms with Gasteiger partial charge in [0.1, 0.15) is 0 Å². The molecule has 1 N–H and O–H groups in total. The highest BCUT2D eigenvalue weighted by atomic mass is 16.5. The molecule has 0 spiro atoms. The van der Waals surface area contributed by atoms with Crippen molar-refractivity contribution in [3.8, 4) is 0 Å². The first kappa shape index (κ1) is 14.5. The summed E-state index contributed by atoms with van der Waals surface area (Å²) < 4.78 is 5.72. The number of hydrogen-bond acceptors (Lipinski definition) is 3. The van der Waals surface area contributed by atoms with Crippen molar-refractivity contribution in [2.45, 2.75) is 32.4 Å². The summed E-state index contributed by atoms with van der Waals surface area (Å²) in [6.07, 6.45) is 1.48. The molecule has 0 aliphatic carbocycles. The van der Waals surface area contributed by atoms with Crippen LogP contribution in [0, 0.1) is 0 Å². The lowest BCUT2D eigenvalue weighted by Crippen LogP contribution is -2.38. The van der Waals surface area contributed by atoms with Gasteiger partial charge in [-0.25, -0.2) is 0 Å². The maximum absolute atomic E-state index is 5.72. The van der Waals surface area contributed by atoms with E-state index in [0.717, 1.165) is 39.2 Å². The number of benzene rings is 1. The van der Waals surface area contributed by atoms with Gasteiger partial charge in [-0.15, -0.1) is 0 Å². The molecule has 0 aromatic heterocycles. The van der Waals surface area contributed by atoms with Crippen LogP contribution in [0.1, 0.15) is 31.9 Å².